The molecule has 3 heteroatoms. The van der Waals surface area contributed by atoms with Crippen molar-refractivity contribution < 1.29 is 9.84 Å². The van der Waals surface area contributed by atoms with Crippen LogP contribution in [0.1, 0.15) is 45.3 Å². The third-order valence-corrected chi connectivity index (χ3v) is 3.69. The Labute approximate surface area is 95.9 Å². The van der Waals surface area contributed by atoms with Crippen molar-refractivity contribution in [2.24, 2.45) is 0 Å². The van der Waals surface area contributed by atoms with E-state index < -0.39 is 11.7 Å². The topological polar surface area (TPSA) is 29.5 Å². The van der Waals surface area contributed by atoms with E-state index in [9.17, 15) is 5.11 Å². The van der Waals surface area contributed by atoms with Gasteiger partial charge in [-0.15, -0.1) is 0 Å². The SMILES string of the molecule is CCOC(CC)(CC)C(O)c1ccsc1. The van der Waals surface area contributed by atoms with Crippen molar-refractivity contribution in [2.75, 3.05) is 6.61 Å². The van der Waals surface area contributed by atoms with Crippen LogP contribution in [-0.4, -0.2) is 17.3 Å². The van der Waals surface area contributed by atoms with Gasteiger partial charge in [-0.1, -0.05) is 13.8 Å². The second kappa shape index (κ2) is 5.64. The fourth-order valence-electron chi connectivity index (χ4n) is 1.94. The Bertz CT molecular complexity index is 265. The van der Waals surface area contributed by atoms with E-state index in [1.807, 2.05) is 23.8 Å². The summed E-state index contributed by atoms with van der Waals surface area (Å²) in [7, 11) is 0. The van der Waals surface area contributed by atoms with Gasteiger partial charge in [0, 0.05) is 6.61 Å². The molecule has 0 amide bonds. The molecule has 86 valence electrons. The first kappa shape index (κ1) is 12.7. The number of rotatable bonds is 6. The summed E-state index contributed by atoms with van der Waals surface area (Å²) in [6, 6.07) is 1.97. The molecule has 1 aromatic rings. The van der Waals surface area contributed by atoms with Crippen LogP contribution in [0.3, 0.4) is 0 Å². The van der Waals surface area contributed by atoms with Crippen LogP contribution >= 0.6 is 11.3 Å². The van der Waals surface area contributed by atoms with Crippen LogP contribution in [-0.2, 0) is 4.74 Å². The lowest BCUT2D eigenvalue weighted by Gasteiger charge is -2.36. The first-order valence-electron chi connectivity index (χ1n) is 5.54. The summed E-state index contributed by atoms with van der Waals surface area (Å²) in [5.74, 6) is 0. The molecular formula is C12H20O2S. The molecule has 1 atom stereocenters. The van der Waals surface area contributed by atoms with Crippen molar-refractivity contribution in [3.63, 3.8) is 0 Å². The predicted octanol–water partition coefficient (Wildman–Crippen LogP) is 3.38. The van der Waals surface area contributed by atoms with Gasteiger partial charge < -0.3 is 9.84 Å². The normalized spacial score (nSPS) is 14.1. The summed E-state index contributed by atoms with van der Waals surface area (Å²) in [5.41, 5.74) is 0.549. The monoisotopic (exact) mass is 228 g/mol. The van der Waals surface area contributed by atoms with E-state index in [1.165, 1.54) is 0 Å². The number of aliphatic hydroxyl groups excluding tert-OH is 1. The van der Waals surface area contributed by atoms with Crippen LogP contribution in [0, 0.1) is 0 Å². The van der Waals surface area contributed by atoms with Crippen molar-refractivity contribution in [3.8, 4) is 0 Å². The lowest BCUT2D eigenvalue weighted by molar-refractivity contribution is -0.127. The molecule has 1 unspecified atom stereocenters. The van der Waals surface area contributed by atoms with Gasteiger partial charge in [-0.3, -0.25) is 0 Å². The molecule has 1 heterocycles. The van der Waals surface area contributed by atoms with Crippen LogP contribution < -0.4 is 0 Å². The summed E-state index contributed by atoms with van der Waals surface area (Å²) in [4.78, 5) is 0. The molecule has 1 rings (SSSR count). The van der Waals surface area contributed by atoms with Crippen LogP contribution in [0.4, 0.5) is 0 Å². The van der Waals surface area contributed by atoms with Crippen molar-refractivity contribution in [1.82, 2.24) is 0 Å². The minimum atomic E-state index is -0.515. The molecule has 2 nitrogen and oxygen atoms in total. The van der Waals surface area contributed by atoms with Gasteiger partial charge in [0.2, 0.25) is 0 Å². The van der Waals surface area contributed by atoms with E-state index in [0.29, 0.717) is 6.61 Å². The van der Waals surface area contributed by atoms with Gasteiger partial charge in [-0.2, -0.15) is 11.3 Å². The number of ether oxygens (including phenoxy) is 1. The van der Waals surface area contributed by atoms with Crippen LogP contribution in [0.2, 0.25) is 0 Å². The lowest BCUT2D eigenvalue weighted by atomic mass is 9.87. The zero-order chi connectivity index (χ0) is 11.3. The average molecular weight is 228 g/mol. The average Bonchev–Trinajstić information content (AvgIpc) is 2.78. The van der Waals surface area contributed by atoms with Crippen molar-refractivity contribution >= 4 is 11.3 Å². The minimum absolute atomic E-state index is 0.421. The molecular weight excluding hydrogens is 208 g/mol. The standard InChI is InChI=1S/C12H20O2S/c1-4-12(5-2,14-6-3)11(13)10-7-8-15-9-10/h7-9,11,13H,4-6H2,1-3H3. The molecule has 0 saturated carbocycles. The number of hydrogen-bond acceptors (Lipinski definition) is 3. The Kier molecular flexibility index (Phi) is 4.77. The zero-order valence-corrected chi connectivity index (χ0v) is 10.5. The zero-order valence-electron chi connectivity index (χ0n) is 9.69. The van der Waals surface area contributed by atoms with Crippen LogP contribution in [0.25, 0.3) is 0 Å². The molecule has 0 fully saturated rings. The smallest absolute Gasteiger partial charge is 0.109 e. The van der Waals surface area contributed by atoms with Gasteiger partial charge in [-0.05, 0) is 42.2 Å². The van der Waals surface area contributed by atoms with E-state index in [-0.39, 0.29) is 0 Å². The highest BCUT2D eigenvalue weighted by atomic mass is 32.1. The Morgan fingerprint density at radius 2 is 2.07 bits per heavy atom. The highest BCUT2D eigenvalue weighted by Gasteiger charge is 2.36. The van der Waals surface area contributed by atoms with E-state index >= 15 is 0 Å². The van der Waals surface area contributed by atoms with Crippen molar-refractivity contribution in [1.29, 1.82) is 0 Å². The van der Waals surface area contributed by atoms with E-state index in [2.05, 4.69) is 13.8 Å². The molecule has 0 aliphatic carbocycles. The third kappa shape index (κ3) is 2.60. The summed E-state index contributed by atoms with van der Waals surface area (Å²) < 4.78 is 5.77. The molecule has 0 bridgehead atoms. The molecule has 0 spiro atoms. The Morgan fingerprint density at radius 3 is 2.47 bits per heavy atom. The molecule has 0 aliphatic heterocycles. The Balaban J connectivity index is 2.88. The van der Waals surface area contributed by atoms with Gasteiger partial charge in [0.15, 0.2) is 0 Å². The third-order valence-electron chi connectivity index (χ3n) is 2.99. The van der Waals surface area contributed by atoms with Crippen molar-refractivity contribution in [3.05, 3.63) is 22.4 Å². The van der Waals surface area contributed by atoms with E-state index in [1.54, 1.807) is 11.3 Å². The van der Waals surface area contributed by atoms with E-state index in [0.717, 1.165) is 18.4 Å². The largest absolute Gasteiger partial charge is 0.385 e. The fraction of sp³-hybridized carbons (Fsp3) is 0.667. The highest BCUT2D eigenvalue weighted by molar-refractivity contribution is 7.07. The van der Waals surface area contributed by atoms with Crippen LogP contribution in [0.5, 0.6) is 0 Å². The lowest BCUT2D eigenvalue weighted by Crippen LogP contribution is -2.38. The first-order valence-corrected chi connectivity index (χ1v) is 6.48. The van der Waals surface area contributed by atoms with Gasteiger partial charge in [0.05, 0.1) is 5.60 Å². The van der Waals surface area contributed by atoms with Crippen molar-refractivity contribution in [2.45, 2.75) is 45.3 Å². The fourth-order valence-corrected chi connectivity index (χ4v) is 2.62. The predicted molar refractivity (Wildman–Crippen MR) is 64.2 cm³/mol. The minimum Gasteiger partial charge on any atom is -0.385 e. The molecule has 0 radical (unpaired) electrons. The van der Waals surface area contributed by atoms with Gasteiger partial charge >= 0.3 is 0 Å². The quantitative estimate of drug-likeness (QED) is 0.809. The van der Waals surface area contributed by atoms with Crippen LogP contribution in [0.15, 0.2) is 16.8 Å². The maximum absolute atomic E-state index is 10.3. The number of aliphatic hydroxyl groups is 1. The van der Waals surface area contributed by atoms with Gasteiger partial charge in [0.1, 0.15) is 6.10 Å². The molecule has 1 N–H and O–H groups in total. The maximum atomic E-state index is 10.3. The number of hydrogen-bond donors (Lipinski definition) is 1. The Morgan fingerprint density at radius 1 is 1.40 bits per heavy atom. The summed E-state index contributed by atoms with van der Waals surface area (Å²) in [5, 5.41) is 14.3. The summed E-state index contributed by atoms with van der Waals surface area (Å²) in [6.07, 6.45) is 1.14. The van der Waals surface area contributed by atoms with Gasteiger partial charge in [-0.25, -0.2) is 0 Å². The number of thiophene rings is 1. The van der Waals surface area contributed by atoms with Gasteiger partial charge in [0.25, 0.3) is 0 Å². The molecule has 1 aromatic heterocycles. The van der Waals surface area contributed by atoms with E-state index in [4.69, 9.17) is 4.74 Å². The molecule has 0 aromatic carbocycles. The molecule has 0 aliphatic rings. The molecule has 15 heavy (non-hydrogen) atoms. The summed E-state index contributed by atoms with van der Waals surface area (Å²) >= 11 is 1.61. The second-order valence-electron chi connectivity index (χ2n) is 3.66. The highest BCUT2D eigenvalue weighted by Crippen LogP contribution is 2.35. The first-order chi connectivity index (χ1) is 7.20. The summed E-state index contributed by atoms with van der Waals surface area (Å²) in [6.45, 7) is 6.74. The molecule has 0 saturated heterocycles. The second-order valence-corrected chi connectivity index (χ2v) is 4.44. The Hall–Kier alpha value is -0.380. The maximum Gasteiger partial charge on any atom is 0.109 e.